The zero-order valence-electron chi connectivity index (χ0n) is 9.83. The second-order valence-corrected chi connectivity index (χ2v) is 5.62. The van der Waals surface area contributed by atoms with Crippen LogP contribution in [0, 0.1) is 0 Å². The molecule has 0 radical (unpaired) electrons. The lowest BCUT2D eigenvalue weighted by Gasteiger charge is -2.34. The molecule has 98 valence electrons. The van der Waals surface area contributed by atoms with Crippen molar-refractivity contribution in [2.24, 2.45) is 5.73 Å². The molecule has 4 nitrogen and oxygen atoms in total. The van der Waals surface area contributed by atoms with E-state index < -0.39 is 0 Å². The van der Waals surface area contributed by atoms with Crippen LogP contribution in [-0.2, 0) is 11.3 Å². The molecule has 1 aromatic carbocycles. The average Bonchev–Trinajstić information content (AvgIpc) is 2.33. The molecule has 0 aromatic heterocycles. The van der Waals surface area contributed by atoms with E-state index in [-0.39, 0.29) is 11.9 Å². The summed E-state index contributed by atoms with van der Waals surface area (Å²) in [5.41, 5.74) is 6.52. The Morgan fingerprint density at radius 2 is 2.39 bits per heavy atom. The van der Waals surface area contributed by atoms with Crippen molar-refractivity contribution in [3.63, 3.8) is 0 Å². The van der Waals surface area contributed by atoms with Gasteiger partial charge in [-0.15, -0.1) is 0 Å². The van der Waals surface area contributed by atoms with Crippen molar-refractivity contribution >= 4 is 33.4 Å². The van der Waals surface area contributed by atoms with Crippen LogP contribution in [0.1, 0.15) is 5.56 Å². The molecule has 1 atom stereocenters. The van der Waals surface area contributed by atoms with Gasteiger partial charge in [0.1, 0.15) is 6.04 Å². The Labute approximate surface area is 120 Å². The summed E-state index contributed by atoms with van der Waals surface area (Å²) in [4.78, 5) is 13.5. The highest BCUT2D eigenvalue weighted by atomic mass is 79.9. The van der Waals surface area contributed by atoms with Crippen LogP contribution < -0.4 is 11.1 Å². The van der Waals surface area contributed by atoms with Gasteiger partial charge in [0, 0.05) is 35.7 Å². The fourth-order valence-electron chi connectivity index (χ4n) is 2.08. The number of halogens is 2. The first-order valence-electron chi connectivity index (χ1n) is 5.76. The third-order valence-electron chi connectivity index (χ3n) is 3.07. The number of benzene rings is 1. The number of nitrogens with two attached hydrogens (primary N) is 1. The number of hydrogen-bond acceptors (Lipinski definition) is 3. The summed E-state index contributed by atoms with van der Waals surface area (Å²) in [5.74, 6) is -0.285. The molecular weight excluding hydrogens is 318 g/mol. The molecule has 0 aliphatic carbocycles. The van der Waals surface area contributed by atoms with Crippen molar-refractivity contribution in [1.82, 2.24) is 10.2 Å². The number of amides is 1. The van der Waals surface area contributed by atoms with E-state index in [1.807, 2.05) is 18.2 Å². The van der Waals surface area contributed by atoms with Crippen LogP contribution in [0.2, 0.25) is 5.02 Å². The molecule has 1 aliphatic rings. The van der Waals surface area contributed by atoms with Crippen molar-refractivity contribution in [1.29, 1.82) is 0 Å². The Morgan fingerprint density at radius 1 is 1.61 bits per heavy atom. The van der Waals surface area contributed by atoms with Gasteiger partial charge in [-0.2, -0.15) is 0 Å². The van der Waals surface area contributed by atoms with E-state index in [4.69, 9.17) is 17.3 Å². The maximum atomic E-state index is 11.4. The van der Waals surface area contributed by atoms with Gasteiger partial charge in [0.25, 0.3) is 0 Å². The summed E-state index contributed by atoms with van der Waals surface area (Å²) >= 11 is 9.40. The number of rotatable bonds is 3. The van der Waals surface area contributed by atoms with Crippen molar-refractivity contribution in [2.75, 3.05) is 19.6 Å². The number of piperazine rings is 1. The van der Waals surface area contributed by atoms with Gasteiger partial charge in [-0.25, -0.2) is 0 Å². The number of carbonyl (C=O) groups excluding carboxylic acids is 1. The monoisotopic (exact) mass is 331 g/mol. The molecule has 1 aromatic rings. The summed E-state index contributed by atoms with van der Waals surface area (Å²) in [7, 11) is 0. The quantitative estimate of drug-likeness (QED) is 0.879. The molecule has 2 rings (SSSR count). The van der Waals surface area contributed by atoms with E-state index in [9.17, 15) is 4.79 Å². The zero-order valence-corrected chi connectivity index (χ0v) is 12.2. The molecule has 1 aliphatic heterocycles. The maximum Gasteiger partial charge on any atom is 0.236 e. The SMILES string of the molecule is NC(=O)C1CNCCN1Cc1ccc(Cl)cc1Br. The zero-order chi connectivity index (χ0) is 13.1. The highest BCUT2D eigenvalue weighted by Gasteiger charge is 2.26. The van der Waals surface area contributed by atoms with Gasteiger partial charge in [0.15, 0.2) is 0 Å². The minimum atomic E-state index is -0.285. The Morgan fingerprint density at radius 3 is 3.06 bits per heavy atom. The molecule has 0 spiro atoms. The molecule has 1 amide bonds. The standard InChI is InChI=1S/C12H15BrClN3O/c13-10-5-9(14)2-1-8(10)7-17-4-3-16-6-11(17)12(15)18/h1-2,5,11,16H,3-4,6-7H2,(H2,15,18). The average molecular weight is 333 g/mol. The predicted octanol–water partition coefficient (Wildman–Crippen LogP) is 1.36. The van der Waals surface area contributed by atoms with E-state index in [2.05, 4.69) is 26.1 Å². The molecular formula is C12H15BrClN3O. The van der Waals surface area contributed by atoms with Crippen molar-refractivity contribution in [3.8, 4) is 0 Å². The van der Waals surface area contributed by atoms with Crippen molar-refractivity contribution in [3.05, 3.63) is 33.3 Å². The lowest BCUT2D eigenvalue weighted by atomic mass is 10.1. The number of primary amides is 1. The summed E-state index contributed by atoms with van der Waals surface area (Å²) in [5, 5.41) is 3.87. The third-order valence-corrected chi connectivity index (χ3v) is 4.04. The van der Waals surface area contributed by atoms with Crippen LogP contribution >= 0.6 is 27.5 Å². The Balaban J connectivity index is 2.13. The van der Waals surface area contributed by atoms with Gasteiger partial charge < -0.3 is 11.1 Å². The first-order chi connectivity index (χ1) is 8.58. The van der Waals surface area contributed by atoms with E-state index in [0.29, 0.717) is 18.1 Å². The first kappa shape index (κ1) is 13.8. The molecule has 3 N–H and O–H groups in total. The number of nitrogens with zero attached hydrogens (tertiary/aromatic N) is 1. The van der Waals surface area contributed by atoms with E-state index in [1.165, 1.54) is 0 Å². The molecule has 6 heteroatoms. The lowest BCUT2D eigenvalue weighted by molar-refractivity contribution is -0.124. The number of nitrogens with one attached hydrogen (secondary N) is 1. The lowest BCUT2D eigenvalue weighted by Crippen LogP contribution is -2.56. The van der Waals surface area contributed by atoms with E-state index in [1.54, 1.807) is 0 Å². The molecule has 1 unspecified atom stereocenters. The summed E-state index contributed by atoms with van der Waals surface area (Å²) < 4.78 is 0.955. The van der Waals surface area contributed by atoms with Crippen LogP contribution in [-0.4, -0.2) is 36.5 Å². The van der Waals surface area contributed by atoms with Crippen LogP contribution in [0.25, 0.3) is 0 Å². The minimum Gasteiger partial charge on any atom is -0.368 e. The van der Waals surface area contributed by atoms with Gasteiger partial charge >= 0.3 is 0 Å². The summed E-state index contributed by atoms with van der Waals surface area (Å²) in [6.45, 7) is 2.98. The highest BCUT2D eigenvalue weighted by molar-refractivity contribution is 9.10. The molecule has 18 heavy (non-hydrogen) atoms. The van der Waals surface area contributed by atoms with Gasteiger partial charge in [-0.05, 0) is 17.7 Å². The molecule has 1 fully saturated rings. The van der Waals surface area contributed by atoms with Crippen LogP contribution in [0.15, 0.2) is 22.7 Å². The molecule has 1 heterocycles. The van der Waals surface area contributed by atoms with Gasteiger partial charge in [0.05, 0.1) is 0 Å². The Kier molecular flexibility index (Phi) is 4.61. The van der Waals surface area contributed by atoms with E-state index >= 15 is 0 Å². The largest absolute Gasteiger partial charge is 0.368 e. The van der Waals surface area contributed by atoms with Crippen LogP contribution in [0.3, 0.4) is 0 Å². The number of hydrogen-bond donors (Lipinski definition) is 2. The summed E-state index contributed by atoms with van der Waals surface area (Å²) in [6, 6.07) is 5.43. The highest BCUT2D eigenvalue weighted by Crippen LogP contribution is 2.23. The fourth-order valence-corrected chi connectivity index (χ4v) is 2.89. The fraction of sp³-hybridized carbons (Fsp3) is 0.417. The predicted molar refractivity (Wildman–Crippen MR) is 75.4 cm³/mol. The minimum absolute atomic E-state index is 0.249. The van der Waals surface area contributed by atoms with Gasteiger partial charge in [0.2, 0.25) is 5.91 Å². The van der Waals surface area contributed by atoms with Gasteiger partial charge in [-0.3, -0.25) is 9.69 Å². The molecule has 0 bridgehead atoms. The van der Waals surface area contributed by atoms with Crippen molar-refractivity contribution < 1.29 is 4.79 Å². The van der Waals surface area contributed by atoms with Crippen LogP contribution in [0.4, 0.5) is 0 Å². The smallest absolute Gasteiger partial charge is 0.236 e. The maximum absolute atomic E-state index is 11.4. The van der Waals surface area contributed by atoms with Crippen LogP contribution in [0.5, 0.6) is 0 Å². The second-order valence-electron chi connectivity index (χ2n) is 4.33. The van der Waals surface area contributed by atoms with Crippen molar-refractivity contribution in [2.45, 2.75) is 12.6 Å². The van der Waals surface area contributed by atoms with E-state index in [0.717, 1.165) is 23.1 Å². The Hall–Kier alpha value is -0.620. The second kappa shape index (κ2) is 6.02. The topological polar surface area (TPSA) is 58.4 Å². The normalized spacial score (nSPS) is 20.9. The number of carbonyl (C=O) groups is 1. The molecule has 1 saturated heterocycles. The summed E-state index contributed by atoms with van der Waals surface area (Å²) in [6.07, 6.45) is 0. The first-order valence-corrected chi connectivity index (χ1v) is 6.93. The third kappa shape index (κ3) is 3.23. The Bertz CT molecular complexity index is 455. The van der Waals surface area contributed by atoms with Gasteiger partial charge in [-0.1, -0.05) is 33.6 Å². The molecule has 0 saturated carbocycles.